The predicted molar refractivity (Wildman–Crippen MR) is 81.8 cm³/mol. The van der Waals surface area contributed by atoms with Gasteiger partial charge in [-0.2, -0.15) is 5.10 Å². The molecule has 0 aliphatic carbocycles. The summed E-state index contributed by atoms with van der Waals surface area (Å²) in [4.78, 5) is 12.1. The first kappa shape index (κ1) is 15.6. The average Bonchev–Trinajstić information content (AvgIpc) is 2.94. The minimum absolute atomic E-state index is 0.311. The molecule has 0 unspecified atom stereocenters. The van der Waals surface area contributed by atoms with Crippen LogP contribution in [0.5, 0.6) is 0 Å². The third kappa shape index (κ3) is 2.97. The number of esters is 1. The molecule has 2 heterocycles. The van der Waals surface area contributed by atoms with E-state index in [1.165, 1.54) is 0 Å². The van der Waals surface area contributed by atoms with E-state index >= 15 is 0 Å². The van der Waals surface area contributed by atoms with Crippen LogP contribution in [-0.2, 0) is 24.8 Å². The zero-order valence-corrected chi connectivity index (χ0v) is 13.6. The Labute approximate surface area is 129 Å². The van der Waals surface area contributed by atoms with Crippen LogP contribution in [0.1, 0.15) is 41.3 Å². The molecule has 0 aliphatic rings. The quantitative estimate of drug-likeness (QED) is 0.798. The van der Waals surface area contributed by atoms with Gasteiger partial charge in [-0.1, -0.05) is 18.5 Å². The van der Waals surface area contributed by atoms with Crippen molar-refractivity contribution < 1.29 is 9.53 Å². The van der Waals surface area contributed by atoms with Gasteiger partial charge in [0.2, 0.25) is 0 Å². The molecule has 0 N–H and O–H groups in total. The number of carbonyl (C=O) groups excluding carboxylic acids is 1. The molecule has 0 saturated carbocycles. The van der Waals surface area contributed by atoms with Gasteiger partial charge in [-0.15, -0.1) is 0 Å². The van der Waals surface area contributed by atoms with Crippen molar-refractivity contribution in [3.05, 3.63) is 39.9 Å². The van der Waals surface area contributed by atoms with E-state index in [0.29, 0.717) is 23.9 Å². The van der Waals surface area contributed by atoms with Crippen molar-refractivity contribution in [1.29, 1.82) is 0 Å². The maximum Gasteiger partial charge on any atom is 0.355 e. The summed E-state index contributed by atoms with van der Waals surface area (Å²) >= 11 is 6.37. The molecule has 5 nitrogen and oxygen atoms in total. The number of ether oxygens (including phenoxy) is 1. The number of hydrogen-bond donors (Lipinski definition) is 0. The molecule has 0 fully saturated rings. The van der Waals surface area contributed by atoms with Crippen LogP contribution < -0.4 is 0 Å². The van der Waals surface area contributed by atoms with Gasteiger partial charge < -0.3 is 9.30 Å². The van der Waals surface area contributed by atoms with E-state index in [1.807, 2.05) is 37.7 Å². The van der Waals surface area contributed by atoms with Crippen LogP contribution >= 0.6 is 11.6 Å². The fraction of sp³-hybridized carbons (Fsp3) is 0.467. The van der Waals surface area contributed by atoms with Crippen molar-refractivity contribution in [2.45, 2.75) is 33.7 Å². The monoisotopic (exact) mass is 309 g/mol. The van der Waals surface area contributed by atoms with Crippen molar-refractivity contribution in [3.8, 4) is 0 Å². The second-order valence-electron chi connectivity index (χ2n) is 4.88. The number of hydrogen-bond acceptors (Lipinski definition) is 3. The Bertz CT molecular complexity index is 658. The topological polar surface area (TPSA) is 49.1 Å². The minimum atomic E-state index is -0.311. The highest BCUT2D eigenvalue weighted by atomic mass is 35.5. The first-order valence-corrected chi connectivity index (χ1v) is 7.40. The van der Waals surface area contributed by atoms with Crippen LogP contribution in [-0.4, -0.2) is 26.9 Å². The van der Waals surface area contributed by atoms with Crippen molar-refractivity contribution in [3.63, 3.8) is 0 Å². The number of carbonyl (C=O) groups is 1. The van der Waals surface area contributed by atoms with Gasteiger partial charge in [-0.3, -0.25) is 4.68 Å². The Balaban J connectivity index is 2.37. The zero-order valence-electron chi connectivity index (χ0n) is 12.8. The summed E-state index contributed by atoms with van der Waals surface area (Å²) in [7, 11) is 1.86. The van der Waals surface area contributed by atoms with E-state index in [-0.39, 0.29) is 5.97 Å². The van der Waals surface area contributed by atoms with E-state index in [0.717, 1.165) is 23.4 Å². The molecular weight excluding hydrogens is 290 g/mol. The summed E-state index contributed by atoms with van der Waals surface area (Å²) in [5, 5.41) is 5.07. The maximum absolute atomic E-state index is 12.1. The smallest absolute Gasteiger partial charge is 0.355 e. The molecule has 21 heavy (non-hydrogen) atoms. The molecular formula is C15H20ClN3O2. The van der Waals surface area contributed by atoms with Gasteiger partial charge in [-0.05, 0) is 31.9 Å². The van der Waals surface area contributed by atoms with Crippen LogP contribution in [0.25, 0.3) is 0 Å². The molecule has 2 aromatic rings. The molecule has 0 radical (unpaired) electrons. The minimum Gasteiger partial charge on any atom is -0.461 e. The predicted octanol–water partition coefficient (Wildman–Crippen LogP) is 2.97. The lowest BCUT2D eigenvalue weighted by molar-refractivity contribution is 0.0513. The Kier molecular flexibility index (Phi) is 4.73. The normalized spacial score (nSPS) is 10.9. The second-order valence-corrected chi connectivity index (χ2v) is 5.26. The number of nitrogens with zero attached hydrogens (tertiary/aromatic N) is 3. The molecule has 0 aromatic carbocycles. The summed E-state index contributed by atoms with van der Waals surface area (Å²) in [6, 6.07) is 1.90. The van der Waals surface area contributed by atoms with E-state index in [1.54, 1.807) is 11.6 Å². The first-order valence-electron chi connectivity index (χ1n) is 7.02. The van der Waals surface area contributed by atoms with Crippen LogP contribution in [0.4, 0.5) is 0 Å². The fourth-order valence-electron chi connectivity index (χ4n) is 2.34. The lowest BCUT2D eigenvalue weighted by Crippen LogP contribution is -2.15. The van der Waals surface area contributed by atoms with Gasteiger partial charge >= 0.3 is 5.97 Å². The van der Waals surface area contributed by atoms with E-state index in [4.69, 9.17) is 16.3 Å². The number of halogens is 1. The number of rotatable bonds is 5. The summed E-state index contributed by atoms with van der Waals surface area (Å²) < 4.78 is 8.74. The third-order valence-corrected chi connectivity index (χ3v) is 3.89. The fourth-order valence-corrected chi connectivity index (χ4v) is 2.70. The second kappa shape index (κ2) is 6.35. The van der Waals surface area contributed by atoms with Crippen molar-refractivity contribution in [1.82, 2.24) is 14.3 Å². The van der Waals surface area contributed by atoms with Gasteiger partial charge in [0.1, 0.15) is 5.69 Å². The zero-order chi connectivity index (χ0) is 15.6. The SMILES string of the molecule is CCOC(=O)c1c(C)ccn1Cc1c(Cl)c(CC)nn1C. The van der Waals surface area contributed by atoms with Crippen molar-refractivity contribution >= 4 is 17.6 Å². The average molecular weight is 310 g/mol. The Morgan fingerprint density at radius 2 is 2.14 bits per heavy atom. The van der Waals surface area contributed by atoms with Crippen LogP contribution in [0.15, 0.2) is 12.3 Å². The largest absolute Gasteiger partial charge is 0.461 e. The van der Waals surface area contributed by atoms with Gasteiger partial charge in [0.05, 0.1) is 29.6 Å². The first-order chi connectivity index (χ1) is 9.99. The van der Waals surface area contributed by atoms with Gasteiger partial charge in [0, 0.05) is 13.2 Å². The van der Waals surface area contributed by atoms with Crippen molar-refractivity contribution in [2.24, 2.45) is 7.05 Å². The standard InChI is InChI=1S/C15H20ClN3O2/c1-5-11-13(16)12(18(4)17-11)9-19-8-7-10(3)14(19)15(20)21-6-2/h7-8H,5-6,9H2,1-4H3. The molecule has 0 aliphatic heterocycles. The molecule has 0 saturated heterocycles. The van der Waals surface area contributed by atoms with Crippen LogP contribution in [0.3, 0.4) is 0 Å². The molecule has 6 heteroatoms. The molecule has 0 bridgehead atoms. The number of aromatic nitrogens is 3. The highest BCUT2D eigenvalue weighted by Crippen LogP contribution is 2.23. The summed E-state index contributed by atoms with van der Waals surface area (Å²) in [5.74, 6) is -0.311. The molecule has 2 rings (SSSR count). The summed E-state index contributed by atoms with van der Waals surface area (Å²) in [6.07, 6.45) is 2.65. The Morgan fingerprint density at radius 3 is 2.71 bits per heavy atom. The molecule has 0 spiro atoms. The number of aryl methyl sites for hydroxylation is 3. The van der Waals surface area contributed by atoms with Gasteiger partial charge in [0.15, 0.2) is 0 Å². The molecule has 0 atom stereocenters. The maximum atomic E-state index is 12.1. The van der Waals surface area contributed by atoms with Crippen LogP contribution in [0.2, 0.25) is 5.02 Å². The van der Waals surface area contributed by atoms with Gasteiger partial charge in [-0.25, -0.2) is 4.79 Å². The molecule has 114 valence electrons. The summed E-state index contributed by atoms with van der Waals surface area (Å²) in [5.41, 5.74) is 3.21. The van der Waals surface area contributed by atoms with Crippen molar-refractivity contribution in [2.75, 3.05) is 6.61 Å². The lowest BCUT2D eigenvalue weighted by atomic mass is 10.2. The Hall–Kier alpha value is -1.75. The van der Waals surface area contributed by atoms with E-state index in [9.17, 15) is 4.79 Å². The Morgan fingerprint density at radius 1 is 1.43 bits per heavy atom. The van der Waals surface area contributed by atoms with Crippen LogP contribution in [0, 0.1) is 6.92 Å². The highest BCUT2D eigenvalue weighted by molar-refractivity contribution is 6.31. The van der Waals surface area contributed by atoms with E-state index < -0.39 is 0 Å². The lowest BCUT2D eigenvalue weighted by Gasteiger charge is -2.10. The van der Waals surface area contributed by atoms with Gasteiger partial charge in [0.25, 0.3) is 0 Å². The third-order valence-electron chi connectivity index (χ3n) is 3.46. The van der Waals surface area contributed by atoms with E-state index in [2.05, 4.69) is 5.10 Å². The summed E-state index contributed by atoms with van der Waals surface area (Å²) in [6.45, 7) is 6.55. The molecule has 2 aromatic heterocycles. The highest BCUT2D eigenvalue weighted by Gasteiger charge is 2.19. The molecule has 0 amide bonds.